The number of rotatable bonds is 4. The van der Waals surface area contributed by atoms with Crippen LogP contribution in [-0.2, 0) is 0 Å². The predicted molar refractivity (Wildman–Crippen MR) is 106 cm³/mol. The summed E-state index contributed by atoms with van der Waals surface area (Å²) in [4.78, 5) is 26.4. The Labute approximate surface area is 156 Å². The zero-order valence-corrected chi connectivity index (χ0v) is 16.2. The highest BCUT2D eigenvalue weighted by atomic mass is 16.2. The Kier molecular flexibility index (Phi) is 5.55. The van der Waals surface area contributed by atoms with E-state index in [1.807, 2.05) is 45.0 Å². The molecule has 0 radical (unpaired) electrons. The molecule has 1 aromatic carbocycles. The Morgan fingerprint density at radius 3 is 2.77 bits per heavy atom. The molecule has 0 saturated carbocycles. The molecule has 1 aromatic heterocycles. The van der Waals surface area contributed by atoms with Crippen LogP contribution in [0.1, 0.15) is 48.4 Å². The molecule has 138 valence electrons. The second-order valence-electron chi connectivity index (χ2n) is 7.28. The fourth-order valence-electron chi connectivity index (χ4n) is 3.55. The number of amides is 1. The monoisotopic (exact) mass is 352 g/mol. The Bertz CT molecular complexity index is 789. The summed E-state index contributed by atoms with van der Waals surface area (Å²) in [6, 6.07) is 9.80. The van der Waals surface area contributed by atoms with E-state index in [0.717, 1.165) is 36.5 Å². The first-order valence-electron chi connectivity index (χ1n) is 9.47. The minimum absolute atomic E-state index is 0.0742. The molecule has 2 aromatic rings. The lowest BCUT2D eigenvalue weighted by molar-refractivity contribution is 0.0983. The van der Waals surface area contributed by atoms with Gasteiger partial charge in [0.1, 0.15) is 5.69 Å². The van der Waals surface area contributed by atoms with E-state index in [9.17, 15) is 4.79 Å². The lowest BCUT2D eigenvalue weighted by Gasteiger charge is -2.31. The average molecular weight is 352 g/mol. The SMILES string of the molecule is CCN(C(=O)c1cc(C)nc(N2CCCC(C)C2)n1)c1cccc(C)c1. The standard InChI is InChI=1S/C21H28N4O/c1-5-25(18-10-6-8-15(2)12-18)20(26)19-13-17(4)22-21(23-19)24-11-7-9-16(3)14-24/h6,8,10,12-13,16H,5,7,9,11,14H2,1-4H3. The lowest BCUT2D eigenvalue weighted by Crippen LogP contribution is -2.37. The smallest absolute Gasteiger partial charge is 0.277 e. The van der Waals surface area contributed by atoms with Crippen LogP contribution >= 0.6 is 0 Å². The van der Waals surface area contributed by atoms with E-state index < -0.39 is 0 Å². The molecule has 1 atom stereocenters. The molecule has 3 rings (SSSR count). The van der Waals surface area contributed by atoms with E-state index in [1.165, 1.54) is 6.42 Å². The van der Waals surface area contributed by atoms with Crippen molar-refractivity contribution < 1.29 is 4.79 Å². The van der Waals surface area contributed by atoms with Gasteiger partial charge < -0.3 is 9.80 Å². The summed E-state index contributed by atoms with van der Waals surface area (Å²) in [5.74, 6) is 1.24. The number of piperidine rings is 1. The molecule has 5 heteroatoms. The van der Waals surface area contributed by atoms with Crippen molar-refractivity contribution >= 4 is 17.5 Å². The summed E-state index contributed by atoms with van der Waals surface area (Å²) >= 11 is 0. The predicted octanol–water partition coefficient (Wildman–Crippen LogP) is 4.00. The summed E-state index contributed by atoms with van der Waals surface area (Å²) in [6.07, 6.45) is 2.39. The van der Waals surface area contributed by atoms with Crippen molar-refractivity contribution in [2.45, 2.75) is 40.5 Å². The van der Waals surface area contributed by atoms with Crippen molar-refractivity contribution in [2.75, 3.05) is 29.4 Å². The maximum atomic E-state index is 13.2. The topological polar surface area (TPSA) is 49.3 Å². The van der Waals surface area contributed by atoms with Crippen LogP contribution in [0.3, 0.4) is 0 Å². The lowest BCUT2D eigenvalue weighted by atomic mass is 10.0. The van der Waals surface area contributed by atoms with Crippen LogP contribution in [0, 0.1) is 19.8 Å². The number of aromatic nitrogens is 2. The molecule has 0 spiro atoms. The first kappa shape index (κ1) is 18.4. The van der Waals surface area contributed by atoms with Gasteiger partial charge in [0.2, 0.25) is 5.95 Å². The zero-order valence-electron chi connectivity index (χ0n) is 16.2. The van der Waals surface area contributed by atoms with Crippen LogP contribution in [0.15, 0.2) is 30.3 Å². The second-order valence-corrected chi connectivity index (χ2v) is 7.28. The molecular weight excluding hydrogens is 324 g/mol. The molecule has 0 aliphatic carbocycles. The number of hydrogen-bond acceptors (Lipinski definition) is 4. The van der Waals surface area contributed by atoms with E-state index in [2.05, 4.69) is 21.8 Å². The van der Waals surface area contributed by atoms with Gasteiger partial charge in [-0.3, -0.25) is 4.79 Å². The number of anilines is 2. The highest BCUT2D eigenvalue weighted by Crippen LogP contribution is 2.22. The molecule has 1 saturated heterocycles. The van der Waals surface area contributed by atoms with E-state index in [1.54, 1.807) is 11.0 Å². The number of aryl methyl sites for hydroxylation is 2. The van der Waals surface area contributed by atoms with Gasteiger partial charge in [-0.2, -0.15) is 0 Å². The number of benzene rings is 1. The fraction of sp³-hybridized carbons (Fsp3) is 0.476. The highest BCUT2D eigenvalue weighted by Gasteiger charge is 2.23. The molecule has 1 amide bonds. The summed E-state index contributed by atoms with van der Waals surface area (Å²) in [5, 5.41) is 0. The fourth-order valence-corrected chi connectivity index (χ4v) is 3.55. The third-order valence-corrected chi connectivity index (χ3v) is 4.88. The third-order valence-electron chi connectivity index (χ3n) is 4.88. The van der Waals surface area contributed by atoms with Gasteiger partial charge in [-0.1, -0.05) is 19.1 Å². The van der Waals surface area contributed by atoms with Gasteiger partial charge in [0.15, 0.2) is 0 Å². The van der Waals surface area contributed by atoms with Gasteiger partial charge in [-0.25, -0.2) is 9.97 Å². The van der Waals surface area contributed by atoms with Crippen molar-refractivity contribution in [3.05, 3.63) is 47.3 Å². The molecule has 0 bridgehead atoms. The normalized spacial score (nSPS) is 17.2. The maximum absolute atomic E-state index is 13.2. The van der Waals surface area contributed by atoms with E-state index >= 15 is 0 Å². The van der Waals surface area contributed by atoms with Gasteiger partial charge in [0.05, 0.1) is 0 Å². The van der Waals surface area contributed by atoms with Crippen molar-refractivity contribution in [2.24, 2.45) is 5.92 Å². The minimum atomic E-state index is -0.0742. The van der Waals surface area contributed by atoms with Gasteiger partial charge >= 0.3 is 0 Å². The summed E-state index contributed by atoms with van der Waals surface area (Å²) in [7, 11) is 0. The second kappa shape index (κ2) is 7.85. The van der Waals surface area contributed by atoms with Crippen molar-refractivity contribution in [1.82, 2.24) is 9.97 Å². The molecule has 1 unspecified atom stereocenters. The number of nitrogens with zero attached hydrogens (tertiary/aromatic N) is 4. The van der Waals surface area contributed by atoms with Crippen LogP contribution < -0.4 is 9.80 Å². The Morgan fingerprint density at radius 1 is 1.27 bits per heavy atom. The Balaban J connectivity index is 1.91. The largest absolute Gasteiger partial charge is 0.341 e. The van der Waals surface area contributed by atoms with Gasteiger partial charge in [0, 0.05) is 31.0 Å². The zero-order chi connectivity index (χ0) is 18.7. The first-order valence-corrected chi connectivity index (χ1v) is 9.47. The van der Waals surface area contributed by atoms with Crippen molar-refractivity contribution in [1.29, 1.82) is 0 Å². The Morgan fingerprint density at radius 2 is 2.08 bits per heavy atom. The first-order chi connectivity index (χ1) is 12.5. The van der Waals surface area contributed by atoms with Crippen LogP contribution in [0.4, 0.5) is 11.6 Å². The van der Waals surface area contributed by atoms with E-state index in [-0.39, 0.29) is 5.91 Å². The van der Waals surface area contributed by atoms with Crippen LogP contribution in [0.2, 0.25) is 0 Å². The number of carbonyl (C=O) groups is 1. The van der Waals surface area contributed by atoms with Gasteiger partial charge in [-0.05, 0) is 63.3 Å². The van der Waals surface area contributed by atoms with Gasteiger partial charge in [-0.15, -0.1) is 0 Å². The van der Waals surface area contributed by atoms with Crippen molar-refractivity contribution in [3.8, 4) is 0 Å². The third kappa shape index (κ3) is 4.03. The van der Waals surface area contributed by atoms with E-state index in [0.29, 0.717) is 24.1 Å². The summed E-state index contributed by atoms with van der Waals surface area (Å²) in [6.45, 7) is 10.7. The van der Waals surface area contributed by atoms with Crippen LogP contribution in [-0.4, -0.2) is 35.5 Å². The number of carbonyl (C=O) groups excluding carboxylic acids is 1. The van der Waals surface area contributed by atoms with Gasteiger partial charge in [0.25, 0.3) is 5.91 Å². The molecule has 5 nitrogen and oxygen atoms in total. The summed E-state index contributed by atoms with van der Waals surface area (Å²) < 4.78 is 0. The number of hydrogen-bond donors (Lipinski definition) is 0. The summed E-state index contributed by atoms with van der Waals surface area (Å²) in [5.41, 5.74) is 3.34. The molecule has 26 heavy (non-hydrogen) atoms. The van der Waals surface area contributed by atoms with Crippen molar-refractivity contribution in [3.63, 3.8) is 0 Å². The highest BCUT2D eigenvalue weighted by molar-refractivity contribution is 6.05. The molecule has 2 heterocycles. The molecular formula is C21H28N4O. The molecule has 0 N–H and O–H groups in total. The molecule has 1 fully saturated rings. The molecule has 1 aliphatic heterocycles. The average Bonchev–Trinajstić information content (AvgIpc) is 2.62. The quantitative estimate of drug-likeness (QED) is 0.835. The molecule has 1 aliphatic rings. The Hall–Kier alpha value is -2.43. The van der Waals surface area contributed by atoms with Crippen LogP contribution in [0.5, 0.6) is 0 Å². The van der Waals surface area contributed by atoms with E-state index in [4.69, 9.17) is 0 Å². The minimum Gasteiger partial charge on any atom is -0.341 e. The van der Waals surface area contributed by atoms with Crippen LogP contribution in [0.25, 0.3) is 0 Å². The maximum Gasteiger partial charge on any atom is 0.277 e.